The molecule has 0 spiro atoms. The standard InChI is InChI=1S/C26H25F2N5O2S/c1-16-7-10-20(11-8-16)33-24(17(2)29-25(34)30-23-12-9-19(27)14-22(23)28)31-32-26(33)36-15-18-5-4-6-21(13-18)35-3/h4-14,17H,15H2,1-3H3,(H2,29,30,34). The lowest BCUT2D eigenvalue weighted by molar-refractivity contribution is 0.248. The summed E-state index contributed by atoms with van der Waals surface area (Å²) in [7, 11) is 1.63. The zero-order valence-corrected chi connectivity index (χ0v) is 20.8. The number of rotatable bonds is 8. The molecule has 2 N–H and O–H groups in total. The summed E-state index contributed by atoms with van der Waals surface area (Å²) < 4.78 is 34.3. The molecule has 0 aliphatic carbocycles. The number of thioether (sulfide) groups is 1. The molecule has 2 amide bonds. The molecule has 36 heavy (non-hydrogen) atoms. The van der Waals surface area contributed by atoms with Gasteiger partial charge in [-0.3, -0.25) is 4.57 Å². The van der Waals surface area contributed by atoms with Crippen LogP contribution in [0.2, 0.25) is 0 Å². The van der Waals surface area contributed by atoms with Gasteiger partial charge in [0, 0.05) is 17.5 Å². The first-order chi connectivity index (χ1) is 17.3. The van der Waals surface area contributed by atoms with Gasteiger partial charge >= 0.3 is 6.03 Å². The Labute approximate surface area is 211 Å². The normalized spacial score (nSPS) is 11.7. The Morgan fingerprint density at radius 2 is 1.86 bits per heavy atom. The third kappa shape index (κ3) is 6.01. The van der Waals surface area contributed by atoms with Gasteiger partial charge in [0.15, 0.2) is 11.0 Å². The van der Waals surface area contributed by atoms with E-state index in [-0.39, 0.29) is 5.69 Å². The molecule has 0 bridgehead atoms. The molecule has 7 nitrogen and oxygen atoms in total. The number of carbonyl (C=O) groups excluding carboxylic acids is 1. The largest absolute Gasteiger partial charge is 0.497 e. The van der Waals surface area contributed by atoms with Crippen molar-refractivity contribution in [2.24, 2.45) is 0 Å². The highest BCUT2D eigenvalue weighted by atomic mass is 32.2. The number of amides is 2. The Morgan fingerprint density at radius 3 is 2.58 bits per heavy atom. The molecule has 0 saturated heterocycles. The maximum absolute atomic E-state index is 13.9. The zero-order valence-electron chi connectivity index (χ0n) is 20.0. The van der Waals surface area contributed by atoms with E-state index in [0.29, 0.717) is 22.8 Å². The van der Waals surface area contributed by atoms with Crippen LogP contribution in [0.25, 0.3) is 5.69 Å². The summed E-state index contributed by atoms with van der Waals surface area (Å²) in [6.07, 6.45) is 0. The quantitative estimate of drug-likeness (QED) is 0.283. The Hall–Kier alpha value is -3.92. The molecule has 0 aliphatic heterocycles. The van der Waals surface area contributed by atoms with Crippen LogP contribution in [0, 0.1) is 18.6 Å². The number of aryl methyl sites for hydroxylation is 1. The number of hydrogen-bond acceptors (Lipinski definition) is 5. The summed E-state index contributed by atoms with van der Waals surface area (Å²) in [5.74, 6) is 0.318. The molecule has 0 aliphatic rings. The smallest absolute Gasteiger partial charge is 0.319 e. The van der Waals surface area contributed by atoms with Crippen molar-refractivity contribution in [2.75, 3.05) is 12.4 Å². The minimum Gasteiger partial charge on any atom is -0.497 e. The number of aromatic nitrogens is 3. The Bertz CT molecular complexity index is 1360. The van der Waals surface area contributed by atoms with E-state index in [1.165, 1.54) is 11.8 Å². The van der Waals surface area contributed by atoms with Crippen molar-refractivity contribution >= 4 is 23.5 Å². The summed E-state index contributed by atoms with van der Waals surface area (Å²) in [4.78, 5) is 12.5. The second-order valence-electron chi connectivity index (χ2n) is 8.10. The lowest BCUT2D eigenvalue weighted by Crippen LogP contribution is -2.32. The maximum Gasteiger partial charge on any atom is 0.319 e. The van der Waals surface area contributed by atoms with Crippen LogP contribution in [-0.4, -0.2) is 27.9 Å². The number of urea groups is 1. The number of hydrogen-bond donors (Lipinski definition) is 2. The van der Waals surface area contributed by atoms with E-state index in [1.54, 1.807) is 14.0 Å². The van der Waals surface area contributed by atoms with Gasteiger partial charge in [-0.15, -0.1) is 10.2 Å². The van der Waals surface area contributed by atoms with E-state index in [0.717, 1.165) is 34.7 Å². The lowest BCUT2D eigenvalue weighted by atomic mass is 10.2. The van der Waals surface area contributed by atoms with Crippen LogP contribution in [0.1, 0.15) is 29.9 Å². The summed E-state index contributed by atoms with van der Waals surface area (Å²) in [6.45, 7) is 3.75. The highest BCUT2D eigenvalue weighted by Gasteiger charge is 2.22. The van der Waals surface area contributed by atoms with E-state index in [1.807, 2.05) is 60.0 Å². The third-order valence-corrected chi connectivity index (χ3v) is 6.37. The second kappa shape index (κ2) is 11.2. The Balaban J connectivity index is 1.56. The van der Waals surface area contributed by atoms with Gasteiger partial charge in [0.2, 0.25) is 0 Å². The molecule has 4 rings (SSSR count). The second-order valence-corrected chi connectivity index (χ2v) is 9.04. The molecule has 1 aromatic heterocycles. The number of methoxy groups -OCH3 is 1. The SMILES string of the molecule is COc1cccc(CSc2nnc(C(C)NC(=O)Nc3ccc(F)cc3F)n2-c2ccc(C)cc2)c1. The van der Waals surface area contributed by atoms with Crippen molar-refractivity contribution in [1.29, 1.82) is 0 Å². The van der Waals surface area contributed by atoms with Crippen molar-refractivity contribution in [3.63, 3.8) is 0 Å². The first-order valence-electron chi connectivity index (χ1n) is 11.1. The molecular weight excluding hydrogens is 484 g/mol. The highest BCUT2D eigenvalue weighted by Crippen LogP contribution is 2.29. The Morgan fingerprint density at radius 1 is 1.08 bits per heavy atom. The maximum atomic E-state index is 13.9. The van der Waals surface area contributed by atoms with Crippen molar-refractivity contribution in [3.05, 3.63) is 95.3 Å². The van der Waals surface area contributed by atoms with Gasteiger partial charge in [0.05, 0.1) is 18.8 Å². The minimum absolute atomic E-state index is 0.129. The number of halogens is 2. The van der Waals surface area contributed by atoms with Gasteiger partial charge in [0.25, 0.3) is 0 Å². The zero-order chi connectivity index (χ0) is 25.7. The minimum atomic E-state index is -0.864. The monoisotopic (exact) mass is 509 g/mol. The van der Waals surface area contributed by atoms with Crippen molar-refractivity contribution in [2.45, 2.75) is 30.8 Å². The fourth-order valence-electron chi connectivity index (χ4n) is 3.51. The first kappa shape index (κ1) is 25.2. The summed E-state index contributed by atoms with van der Waals surface area (Å²) >= 11 is 1.50. The summed E-state index contributed by atoms with van der Waals surface area (Å²) in [6, 6.07) is 17.4. The van der Waals surface area contributed by atoms with Crippen LogP contribution in [0.3, 0.4) is 0 Å². The van der Waals surface area contributed by atoms with Crippen LogP contribution >= 0.6 is 11.8 Å². The third-order valence-electron chi connectivity index (χ3n) is 5.37. The van der Waals surface area contributed by atoms with E-state index >= 15 is 0 Å². The molecule has 1 heterocycles. The topological polar surface area (TPSA) is 81.1 Å². The van der Waals surface area contributed by atoms with Crippen LogP contribution < -0.4 is 15.4 Å². The number of benzene rings is 3. The fourth-order valence-corrected chi connectivity index (χ4v) is 4.41. The molecule has 186 valence electrons. The van der Waals surface area contributed by atoms with Crippen molar-refractivity contribution < 1.29 is 18.3 Å². The lowest BCUT2D eigenvalue weighted by Gasteiger charge is -2.17. The van der Waals surface area contributed by atoms with Gasteiger partial charge in [-0.25, -0.2) is 13.6 Å². The molecule has 1 unspecified atom stereocenters. The molecule has 1 atom stereocenters. The number of carbonyl (C=O) groups is 1. The van der Waals surface area contributed by atoms with Crippen LogP contribution in [0.4, 0.5) is 19.3 Å². The average molecular weight is 510 g/mol. The van der Waals surface area contributed by atoms with E-state index < -0.39 is 23.7 Å². The van der Waals surface area contributed by atoms with Crippen LogP contribution in [-0.2, 0) is 5.75 Å². The predicted molar refractivity (Wildman–Crippen MR) is 136 cm³/mol. The molecule has 0 saturated carbocycles. The van der Waals surface area contributed by atoms with Gasteiger partial charge in [-0.05, 0) is 55.8 Å². The van der Waals surface area contributed by atoms with E-state index in [4.69, 9.17) is 4.74 Å². The van der Waals surface area contributed by atoms with Crippen LogP contribution in [0.15, 0.2) is 71.9 Å². The number of ether oxygens (including phenoxy) is 1. The average Bonchev–Trinajstić information content (AvgIpc) is 3.29. The molecular formula is C26H25F2N5O2S. The van der Waals surface area contributed by atoms with E-state index in [2.05, 4.69) is 20.8 Å². The molecule has 3 aromatic carbocycles. The van der Waals surface area contributed by atoms with Gasteiger partial charge in [-0.2, -0.15) is 0 Å². The molecule has 4 aromatic rings. The van der Waals surface area contributed by atoms with Crippen LogP contribution in [0.5, 0.6) is 5.75 Å². The van der Waals surface area contributed by atoms with Crippen molar-refractivity contribution in [1.82, 2.24) is 20.1 Å². The molecule has 10 heteroatoms. The highest BCUT2D eigenvalue weighted by molar-refractivity contribution is 7.98. The number of nitrogens with zero attached hydrogens (tertiary/aromatic N) is 3. The summed E-state index contributed by atoms with van der Waals surface area (Å²) in [5.41, 5.74) is 2.88. The fraction of sp³-hybridized carbons (Fsp3) is 0.192. The number of anilines is 1. The Kier molecular flexibility index (Phi) is 7.84. The molecule has 0 fully saturated rings. The first-order valence-corrected chi connectivity index (χ1v) is 12.1. The van der Waals surface area contributed by atoms with Gasteiger partial charge in [0.1, 0.15) is 17.4 Å². The molecule has 0 radical (unpaired) electrons. The predicted octanol–water partition coefficient (Wildman–Crippen LogP) is 6.04. The van der Waals surface area contributed by atoms with Crippen molar-refractivity contribution in [3.8, 4) is 11.4 Å². The van der Waals surface area contributed by atoms with Gasteiger partial charge in [-0.1, -0.05) is 41.6 Å². The number of nitrogens with one attached hydrogen (secondary N) is 2. The summed E-state index contributed by atoms with van der Waals surface area (Å²) in [5, 5.41) is 14.5. The van der Waals surface area contributed by atoms with Gasteiger partial charge < -0.3 is 15.4 Å². The van der Waals surface area contributed by atoms with E-state index in [9.17, 15) is 13.6 Å².